The van der Waals surface area contributed by atoms with Crippen molar-refractivity contribution in [2.75, 3.05) is 0 Å². The van der Waals surface area contributed by atoms with Crippen LogP contribution in [0.15, 0.2) is 35.0 Å². The first-order valence-corrected chi connectivity index (χ1v) is 4.80. The van der Waals surface area contributed by atoms with E-state index in [-0.39, 0.29) is 4.70 Å². The summed E-state index contributed by atoms with van der Waals surface area (Å²) in [6.45, 7) is 0. The Morgan fingerprint density at radius 3 is 1.55 bits per heavy atom. The van der Waals surface area contributed by atoms with E-state index >= 15 is 0 Å². The smallest absolute Gasteiger partial charge is 0.0442 e. The molecule has 0 spiro atoms. The topological polar surface area (TPSA) is 0 Å². The Hall–Kier alpha value is -0.670. The Balaban J connectivity index is 0.000000605. The van der Waals surface area contributed by atoms with E-state index < -0.39 is 0 Å². The van der Waals surface area contributed by atoms with Crippen LogP contribution < -0.4 is 0 Å². The highest BCUT2D eigenvalue weighted by Gasteiger charge is 1.96. The first kappa shape index (κ1) is 8.43. The van der Waals surface area contributed by atoms with Gasteiger partial charge in [0, 0.05) is 9.75 Å². The zero-order chi connectivity index (χ0) is 6.81. The lowest BCUT2D eigenvalue weighted by molar-refractivity contribution is 1.11. The van der Waals surface area contributed by atoms with Gasteiger partial charge in [0.15, 0.2) is 0 Å². The second-order valence-corrected chi connectivity index (χ2v) is 3.85. The molecule has 0 aromatic carbocycles. The fraction of sp³-hybridized carbons (Fsp3) is 0. The van der Waals surface area contributed by atoms with Crippen molar-refractivity contribution in [2.24, 2.45) is 0 Å². The van der Waals surface area contributed by atoms with Crippen LogP contribution >= 0.6 is 22.7 Å². The van der Waals surface area contributed by atoms with Crippen LogP contribution in [-0.2, 0) is 0 Å². The quantitative estimate of drug-likeness (QED) is 0.638. The summed E-state index contributed by atoms with van der Waals surface area (Å²) in [5, 5.41) is 4.21. The molecule has 2 aromatic rings. The molecule has 0 saturated carbocycles. The predicted octanol–water partition coefficient (Wildman–Crippen LogP) is 3.63. The Kier molecular flexibility index (Phi) is 2.79. The Morgan fingerprint density at radius 1 is 0.818 bits per heavy atom. The molecule has 0 aliphatic heterocycles. The summed E-state index contributed by atoms with van der Waals surface area (Å²) in [5.41, 5.74) is 0. The number of hydrogen-bond donors (Lipinski definition) is 0. The monoisotopic (exact) mass is 186 g/mol. The fourth-order valence-electron chi connectivity index (χ4n) is 0.838. The van der Waals surface area contributed by atoms with E-state index in [0.29, 0.717) is 0 Å². The van der Waals surface area contributed by atoms with E-state index in [1.165, 1.54) is 9.75 Å². The van der Waals surface area contributed by atoms with Crippen molar-refractivity contribution in [2.45, 2.75) is 0 Å². The number of hydrogen-bond acceptors (Lipinski definition) is 2. The lowest BCUT2D eigenvalue weighted by Crippen LogP contribution is -1.55. The lowest BCUT2D eigenvalue weighted by Gasteiger charge is -1.84. The number of halogens is 1. The van der Waals surface area contributed by atoms with Crippen LogP contribution in [0.3, 0.4) is 0 Å². The van der Waals surface area contributed by atoms with Gasteiger partial charge in [-0.15, -0.1) is 22.7 Å². The molecule has 2 heterocycles. The van der Waals surface area contributed by atoms with Gasteiger partial charge in [-0.05, 0) is 22.9 Å². The van der Waals surface area contributed by atoms with Crippen LogP contribution in [0.1, 0.15) is 0 Å². The minimum atomic E-state index is 0. The third kappa shape index (κ3) is 1.67. The average molecular weight is 186 g/mol. The first-order valence-electron chi connectivity index (χ1n) is 3.04. The van der Waals surface area contributed by atoms with Crippen molar-refractivity contribution in [3.63, 3.8) is 0 Å². The summed E-state index contributed by atoms with van der Waals surface area (Å²) in [6, 6.07) is 8.46. The molecule has 0 N–H and O–H groups in total. The SMILES string of the molecule is F.c1csc(-c2cccs2)c1. The molecule has 0 nitrogen and oxygen atoms in total. The van der Waals surface area contributed by atoms with Crippen molar-refractivity contribution < 1.29 is 4.70 Å². The third-order valence-electron chi connectivity index (χ3n) is 1.29. The number of rotatable bonds is 1. The molecule has 11 heavy (non-hydrogen) atoms. The number of thiophene rings is 2. The van der Waals surface area contributed by atoms with Gasteiger partial charge < -0.3 is 0 Å². The van der Waals surface area contributed by atoms with Crippen LogP contribution in [-0.4, -0.2) is 0 Å². The second-order valence-electron chi connectivity index (χ2n) is 1.95. The fourth-order valence-corrected chi connectivity index (χ4v) is 2.42. The highest BCUT2D eigenvalue weighted by atomic mass is 32.1. The molecule has 0 fully saturated rings. The van der Waals surface area contributed by atoms with Gasteiger partial charge in [-0.3, -0.25) is 4.70 Å². The van der Waals surface area contributed by atoms with Crippen molar-refractivity contribution in [3.05, 3.63) is 35.0 Å². The summed E-state index contributed by atoms with van der Waals surface area (Å²) in [6.07, 6.45) is 0. The van der Waals surface area contributed by atoms with Gasteiger partial charge >= 0.3 is 0 Å². The largest absolute Gasteiger partial charge is 0.269 e. The molecule has 0 radical (unpaired) electrons. The second kappa shape index (κ2) is 3.64. The summed E-state index contributed by atoms with van der Waals surface area (Å²) in [5.74, 6) is 0. The standard InChI is InChI=1S/C8H6S2.FH/c1-3-7(9-5-1)8-4-2-6-10-8;/h1-6H;1H. The van der Waals surface area contributed by atoms with Crippen LogP contribution in [0.4, 0.5) is 4.70 Å². The van der Waals surface area contributed by atoms with E-state index in [4.69, 9.17) is 0 Å². The van der Waals surface area contributed by atoms with Crippen LogP contribution in [0.2, 0.25) is 0 Å². The summed E-state index contributed by atoms with van der Waals surface area (Å²) in [7, 11) is 0. The molecule has 0 unspecified atom stereocenters. The van der Waals surface area contributed by atoms with Gasteiger partial charge in [-0.2, -0.15) is 0 Å². The molecule has 0 aliphatic rings. The maximum atomic E-state index is 2.15. The van der Waals surface area contributed by atoms with Crippen molar-refractivity contribution >= 4 is 22.7 Å². The third-order valence-corrected chi connectivity index (χ3v) is 3.22. The molecule has 58 valence electrons. The Morgan fingerprint density at radius 2 is 1.27 bits per heavy atom. The van der Waals surface area contributed by atoms with Gasteiger partial charge in [-0.25, -0.2) is 0 Å². The van der Waals surface area contributed by atoms with E-state index in [9.17, 15) is 0 Å². The average Bonchev–Trinajstić information content (AvgIpc) is 2.59. The molecule has 0 atom stereocenters. The summed E-state index contributed by atoms with van der Waals surface area (Å²) in [4.78, 5) is 2.74. The highest BCUT2D eigenvalue weighted by molar-refractivity contribution is 7.20. The molecule has 2 rings (SSSR count). The summed E-state index contributed by atoms with van der Waals surface area (Å²) < 4.78 is 0. The minimum Gasteiger partial charge on any atom is -0.269 e. The van der Waals surface area contributed by atoms with E-state index in [2.05, 4.69) is 35.0 Å². The molecular weight excluding hydrogens is 179 g/mol. The molecule has 2 aromatic heterocycles. The maximum absolute atomic E-state index is 2.15. The summed E-state index contributed by atoms with van der Waals surface area (Å²) >= 11 is 3.58. The zero-order valence-electron chi connectivity index (χ0n) is 5.69. The van der Waals surface area contributed by atoms with E-state index in [0.717, 1.165) is 0 Å². The minimum absolute atomic E-state index is 0. The van der Waals surface area contributed by atoms with Crippen molar-refractivity contribution in [1.82, 2.24) is 0 Å². The van der Waals surface area contributed by atoms with Crippen LogP contribution in [0, 0.1) is 0 Å². The van der Waals surface area contributed by atoms with Crippen LogP contribution in [0.5, 0.6) is 0 Å². The first-order chi connectivity index (χ1) is 4.97. The maximum Gasteiger partial charge on any atom is 0.0442 e. The van der Waals surface area contributed by atoms with Crippen LogP contribution in [0.25, 0.3) is 9.75 Å². The molecule has 0 amide bonds. The zero-order valence-corrected chi connectivity index (χ0v) is 7.32. The molecule has 0 saturated heterocycles. The Bertz CT molecular complexity index is 252. The van der Waals surface area contributed by atoms with E-state index in [1.54, 1.807) is 22.7 Å². The van der Waals surface area contributed by atoms with Gasteiger partial charge in [-0.1, -0.05) is 12.1 Å². The van der Waals surface area contributed by atoms with Crippen molar-refractivity contribution in [1.29, 1.82) is 0 Å². The lowest BCUT2D eigenvalue weighted by atomic mass is 10.4. The van der Waals surface area contributed by atoms with Crippen molar-refractivity contribution in [3.8, 4) is 9.75 Å². The molecular formula is C8H7FS2. The molecule has 3 heteroatoms. The van der Waals surface area contributed by atoms with E-state index in [1.807, 2.05) is 0 Å². The van der Waals surface area contributed by atoms with Gasteiger partial charge in [0.25, 0.3) is 0 Å². The molecule has 0 bridgehead atoms. The van der Waals surface area contributed by atoms with Gasteiger partial charge in [0.05, 0.1) is 0 Å². The normalized spacial score (nSPS) is 9.09. The highest BCUT2D eigenvalue weighted by Crippen LogP contribution is 2.28. The molecule has 0 aliphatic carbocycles. The van der Waals surface area contributed by atoms with Gasteiger partial charge in [0.2, 0.25) is 0 Å². The Labute approximate surface area is 72.5 Å². The van der Waals surface area contributed by atoms with Gasteiger partial charge in [0.1, 0.15) is 0 Å². The predicted molar refractivity (Wildman–Crippen MR) is 50.1 cm³/mol.